The van der Waals surface area contributed by atoms with Crippen molar-refractivity contribution in [3.05, 3.63) is 53.6 Å². The van der Waals surface area contributed by atoms with Crippen molar-refractivity contribution in [2.45, 2.75) is 0 Å². The van der Waals surface area contributed by atoms with Gasteiger partial charge in [0.2, 0.25) is 0 Å². The first-order chi connectivity index (χ1) is 10.0. The Hall–Kier alpha value is -2.96. The van der Waals surface area contributed by atoms with Gasteiger partial charge in [-0.05, 0) is 30.3 Å². The number of ether oxygens (including phenoxy) is 1. The minimum atomic E-state index is -1.16. The summed E-state index contributed by atoms with van der Waals surface area (Å²) < 4.78 is 18.3. The highest BCUT2D eigenvalue weighted by molar-refractivity contribution is 6.04. The zero-order chi connectivity index (χ0) is 15.4. The van der Waals surface area contributed by atoms with Gasteiger partial charge in [0.05, 0.1) is 19.0 Å². The number of methoxy groups -OCH3 is 1. The van der Waals surface area contributed by atoms with Gasteiger partial charge in [-0.25, -0.2) is 14.2 Å². The third kappa shape index (κ3) is 3.33. The molecule has 0 fully saturated rings. The number of anilines is 1. The third-order valence-electron chi connectivity index (χ3n) is 2.65. The van der Waals surface area contributed by atoms with Crippen LogP contribution in [0.1, 0.15) is 20.8 Å². The molecule has 0 aliphatic carbocycles. The molecule has 0 radical (unpaired) electrons. The lowest BCUT2D eigenvalue weighted by molar-refractivity contribution is 0.0690. The molecule has 6 nitrogen and oxygen atoms in total. The molecule has 2 N–H and O–H groups in total. The van der Waals surface area contributed by atoms with Crippen LogP contribution in [0, 0.1) is 5.82 Å². The molecule has 0 aliphatic rings. The van der Waals surface area contributed by atoms with Crippen LogP contribution in [0.15, 0.2) is 36.5 Å². The molecule has 7 heteroatoms. The summed E-state index contributed by atoms with van der Waals surface area (Å²) in [5, 5.41) is 11.2. The van der Waals surface area contributed by atoms with Gasteiger partial charge in [-0.2, -0.15) is 0 Å². The van der Waals surface area contributed by atoms with E-state index in [9.17, 15) is 14.0 Å². The maximum Gasteiger partial charge on any atom is 0.354 e. The van der Waals surface area contributed by atoms with Crippen LogP contribution in [-0.2, 0) is 0 Å². The molecule has 1 amide bonds. The smallest absolute Gasteiger partial charge is 0.354 e. The van der Waals surface area contributed by atoms with E-state index in [4.69, 9.17) is 9.84 Å². The summed E-state index contributed by atoms with van der Waals surface area (Å²) in [5.74, 6) is -2.31. The van der Waals surface area contributed by atoms with Gasteiger partial charge in [-0.15, -0.1) is 0 Å². The molecular formula is C14H11FN2O4. The first-order valence-corrected chi connectivity index (χ1v) is 5.85. The molecule has 1 aromatic heterocycles. The van der Waals surface area contributed by atoms with Crippen LogP contribution in [0.2, 0.25) is 0 Å². The Labute approximate surface area is 119 Å². The summed E-state index contributed by atoms with van der Waals surface area (Å²) in [7, 11) is 1.33. The number of aromatic nitrogens is 1. The van der Waals surface area contributed by atoms with Gasteiger partial charge < -0.3 is 15.2 Å². The lowest BCUT2D eigenvalue weighted by Crippen LogP contribution is -2.13. The van der Waals surface area contributed by atoms with Crippen LogP contribution in [0.5, 0.6) is 5.75 Å². The van der Waals surface area contributed by atoms with E-state index in [1.165, 1.54) is 37.6 Å². The van der Waals surface area contributed by atoms with Crippen molar-refractivity contribution in [3.63, 3.8) is 0 Å². The zero-order valence-electron chi connectivity index (χ0n) is 11.0. The second-order valence-corrected chi connectivity index (χ2v) is 4.04. The van der Waals surface area contributed by atoms with Gasteiger partial charge in [0.15, 0.2) is 11.6 Å². The predicted molar refractivity (Wildman–Crippen MR) is 72.1 cm³/mol. The summed E-state index contributed by atoms with van der Waals surface area (Å²) in [5.41, 5.74) is 0.278. The number of benzene rings is 1. The Balaban J connectivity index is 2.14. The fourth-order valence-electron chi connectivity index (χ4n) is 1.61. The van der Waals surface area contributed by atoms with Crippen molar-refractivity contribution >= 4 is 17.6 Å². The van der Waals surface area contributed by atoms with Crippen molar-refractivity contribution < 1.29 is 23.8 Å². The number of carbonyl (C=O) groups excluding carboxylic acids is 1. The number of nitrogens with zero attached hydrogens (tertiary/aromatic N) is 1. The van der Waals surface area contributed by atoms with Crippen molar-refractivity contribution in [2.24, 2.45) is 0 Å². The van der Waals surface area contributed by atoms with Gasteiger partial charge >= 0.3 is 5.97 Å². The van der Waals surface area contributed by atoms with Crippen molar-refractivity contribution in [2.75, 3.05) is 12.4 Å². The normalized spacial score (nSPS) is 10.0. The molecule has 0 bridgehead atoms. The maximum atomic E-state index is 13.5. The van der Waals surface area contributed by atoms with Crippen molar-refractivity contribution in [1.29, 1.82) is 0 Å². The number of rotatable bonds is 4. The number of carboxylic acids is 1. The lowest BCUT2D eigenvalue weighted by Gasteiger charge is -2.07. The summed E-state index contributed by atoms with van der Waals surface area (Å²) in [4.78, 5) is 26.2. The van der Waals surface area contributed by atoms with E-state index in [-0.39, 0.29) is 17.0 Å². The van der Waals surface area contributed by atoms with Gasteiger partial charge in [0.25, 0.3) is 5.91 Å². The first-order valence-electron chi connectivity index (χ1n) is 5.85. The molecule has 0 aliphatic heterocycles. The Morgan fingerprint density at radius 1 is 1.29 bits per heavy atom. The molecule has 1 aromatic carbocycles. The Bertz CT molecular complexity index is 686. The number of hydrogen-bond acceptors (Lipinski definition) is 4. The second-order valence-electron chi connectivity index (χ2n) is 4.04. The monoisotopic (exact) mass is 290 g/mol. The van der Waals surface area contributed by atoms with Crippen LogP contribution in [0.25, 0.3) is 0 Å². The fraction of sp³-hybridized carbons (Fsp3) is 0.0714. The number of aromatic carboxylic acids is 1. The van der Waals surface area contributed by atoms with E-state index in [1.54, 1.807) is 0 Å². The van der Waals surface area contributed by atoms with E-state index >= 15 is 0 Å². The highest BCUT2D eigenvalue weighted by Crippen LogP contribution is 2.18. The Morgan fingerprint density at radius 3 is 2.57 bits per heavy atom. The topological polar surface area (TPSA) is 88.5 Å². The Kier molecular flexibility index (Phi) is 4.13. The summed E-state index contributed by atoms with van der Waals surface area (Å²) in [6.07, 6.45) is 1.21. The number of hydrogen-bond donors (Lipinski definition) is 2. The van der Waals surface area contributed by atoms with E-state index in [1.807, 2.05) is 0 Å². The molecular weight excluding hydrogens is 279 g/mol. The molecule has 0 unspecified atom stereocenters. The maximum absolute atomic E-state index is 13.5. The second kappa shape index (κ2) is 6.00. The van der Waals surface area contributed by atoms with E-state index in [0.717, 1.165) is 6.07 Å². The standard InChI is InChI=1S/C14H11FN2O4/c1-21-12-5-2-8(6-10(12)15)13(18)17-9-3-4-11(14(19)20)16-7-9/h2-7H,1H3,(H,17,18)(H,19,20). The largest absolute Gasteiger partial charge is 0.494 e. The van der Waals surface area contributed by atoms with Gasteiger partial charge in [-0.1, -0.05) is 0 Å². The molecule has 0 spiro atoms. The molecule has 0 saturated heterocycles. The number of carboxylic acid groups (broad SMARTS) is 1. The van der Waals surface area contributed by atoms with E-state index in [2.05, 4.69) is 10.3 Å². The Morgan fingerprint density at radius 2 is 2.05 bits per heavy atom. The van der Waals surface area contributed by atoms with E-state index in [0.29, 0.717) is 5.69 Å². The van der Waals surface area contributed by atoms with Gasteiger partial charge in [0, 0.05) is 5.56 Å². The summed E-state index contributed by atoms with van der Waals surface area (Å²) >= 11 is 0. The van der Waals surface area contributed by atoms with Crippen LogP contribution >= 0.6 is 0 Å². The molecule has 0 saturated carbocycles. The molecule has 1 heterocycles. The molecule has 0 atom stereocenters. The molecule has 2 rings (SSSR count). The van der Waals surface area contributed by atoms with E-state index < -0.39 is 17.7 Å². The average Bonchev–Trinajstić information content (AvgIpc) is 2.47. The van der Waals surface area contributed by atoms with Crippen LogP contribution < -0.4 is 10.1 Å². The van der Waals surface area contributed by atoms with Crippen molar-refractivity contribution in [1.82, 2.24) is 4.98 Å². The quantitative estimate of drug-likeness (QED) is 0.901. The highest BCUT2D eigenvalue weighted by atomic mass is 19.1. The zero-order valence-corrected chi connectivity index (χ0v) is 11.0. The molecule has 21 heavy (non-hydrogen) atoms. The number of carbonyl (C=O) groups is 2. The minimum absolute atomic E-state index is 0.0408. The fourth-order valence-corrected chi connectivity index (χ4v) is 1.61. The number of nitrogens with one attached hydrogen (secondary N) is 1. The minimum Gasteiger partial charge on any atom is -0.494 e. The molecule has 2 aromatic rings. The molecule has 108 valence electrons. The van der Waals surface area contributed by atoms with Crippen LogP contribution in [0.3, 0.4) is 0 Å². The first kappa shape index (κ1) is 14.4. The number of pyridine rings is 1. The highest BCUT2D eigenvalue weighted by Gasteiger charge is 2.11. The van der Waals surface area contributed by atoms with Crippen molar-refractivity contribution in [3.8, 4) is 5.75 Å². The summed E-state index contributed by atoms with van der Waals surface area (Å²) in [6, 6.07) is 6.46. The lowest BCUT2D eigenvalue weighted by atomic mass is 10.2. The van der Waals surface area contributed by atoms with Gasteiger partial charge in [-0.3, -0.25) is 4.79 Å². The summed E-state index contributed by atoms with van der Waals surface area (Å²) in [6.45, 7) is 0. The SMILES string of the molecule is COc1ccc(C(=O)Nc2ccc(C(=O)O)nc2)cc1F. The predicted octanol–water partition coefficient (Wildman–Crippen LogP) is 2.18. The number of halogens is 1. The van der Waals surface area contributed by atoms with Crippen LogP contribution in [0.4, 0.5) is 10.1 Å². The van der Waals surface area contributed by atoms with Crippen LogP contribution in [-0.4, -0.2) is 29.1 Å². The average molecular weight is 290 g/mol. The van der Waals surface area contributed by atoms with Gasteiger partial charge in [0.1, 0.15) is 5.69 Å². The third-order valence-corrected chi connectivity index (χ3v) is 2.65. The number of amides is 1.